The van der Waals surface area contributed by atoms with E-state index in [2.05, 4.69) is 20.3 Å². The molecule has 1 atom stereocenters. The number of hydrogen-bond acceptors (Lipinski definition) is 6. The smallest absolute Gasteiger partial charge is 0.167 e. The van der Waals surface area contributed by atoms with Crippen molar-refractivity contribution in [3.8, 4) is 0 Å². The number of aromatic nitrogens is 4. The predicted octanol–water partition coefficient (Wildman–Crippen LogP) is 0.896. The van der Waals surface area contributed by atoms with Gasteiger partial charge in [-0.1, -0.05) is 0 Å². The van der Waals surface area contributed by atoms with Crippen LogP contribution in [0, 0.1) is 0 Å². The van der Waals surface area contributed by atoms with E-state index in [9.17, 15) is 0 Å². The first-order chi connectivity index (χ1) is 9.40. The Morgan fingerprint density at radius 3 is 3.11 bits per heavy atom. The summed E-state index contributed by atoms with van der Waals surface area (Å²) < 4.78 is 7.76. The number of fused-ring (bicyclic) bond motifs is 1. The molecule has 0 radical (unpaired) electrons. The molecule has 7 heteroatoms. The van der Waals surface area contributed by atoms with Gasteiger partial charge in [-0.15, -0.1) is 0 Å². The number of anilines is 1. The largest absolute Gasteiger partial charge is 0.367 e. The molecule has 2 aromatic heterocycles. The third-order valence-corrected chi connectivity index (χ3v) is 3.26. The highest BCUT2D eigenvalue weighted by atomic mass is 16.5. The lowest BCUT2D eigenvalue weighted by Gasteiger charge is -2.23. The number of nitrogens with one attached hydrogen (secondary N) is 1. The molecule has 3 heterocycles. The van der Waals surface area contributed by atoms with E-state index in [1.165, 1.54) is 6.42 Å². The van der Waals surface area contributed by atoms with Crippen LogP contribution in [-0.2, 0) is 4.74 Å². The van der Waals surface area contributed by atoms with Crippen molar-refractivity contribution in [3.63, 3.8) is 0 Å². The Morgan fingerprint density at radius 2 is 2.32 bits per heavy atom. The Bertz CT molecular complexity index is 548. The maximum Gasteiger partial charge on any atom is 0.167 e. The minimum Gasteiger partial charge on any atom is -0.367 e. The highest BCUT2D eigenvalue weighted by Gasteiger charge is 2.19. The second kappa shape index (κ2) is 5.50. The van der Waals surface area contributed by atoms with Gasteiger partial charge in [0.15, 0.2) is 17.0 Å². The van der Waals surface area contributed by atoms with E-state index in [0.29, 0.717) is 13.1 Å². The Labute approximate surface area is 111 Å². The van der Waals surface area contributed by atoms with Gasteiger partial charge in [-0.2, -0.15) is 0 Å². The zero-order chi connectivity index (χ0) is 13.1. The van der Waals surface area contributed by atoms with Crippen LogP contribution >= 0.6 is 0 Å². The standard InChI is InChI=1S/C12H18N6O/c13-4-5-14-11-10-12(16-7-15-11)18(8-17-10)9-3-1-2-6-19-9/h7-9H,1-6,13H2,(H,14,15,16). The Balaban J connectivity index is 1.94. The third kappa shape index (κ3) is 2.39. The molecule has 7 nitrogen and oxygen atoms in total. The van der Waals surface area contributed by atoms with Crippen molar-refractivity contribution >= 4 is 17.0 Å². The summed E-state index contributed by atoms with van der Waals surface area (Å²) in [5.41, 5.74) is 7.07. The fourth-order valence-corrected chi connectivity index (χ4v) is 2.33. The predicted molar refractivity (Wildman–Crippen MR) is 71.7 cm³/mol. The van der Waals surface area contributed by atoms with Crippen molar-refractivity contribution in [2.75, 3.05) is 25.0 Å². The molecule has 19 heavy (non-hydrogen) atoms. The third-order valence-electron chi connectivity index (χ3n) is 3.26. The molecule has 102 valence electrons. The molecule has 1 aliphatic heterocycles. The number of nitrogens with two attached hydrogens (primary N) is 1. The van der Waals surface area contributed by atoms with Gasteiger partial charge in [0, 0.05) is 19.7 Å². The minimum absolute atomic E-state index is 0.0380. The lowest BCUT2D eigenvalue weighted by molar-refractivity contribution is -0.0298. The first kappa shape index (κ1) is 12.3. The van der Waals surface area contributed by atoms with Crippen molar-refractivity contribution in [1.29, 1.82) is 0 Å². The van der Waals surface area contributed by atoms with Crippen LogP contribution in [0.2, 0.25) is 0 Å². The molecule has 2 aromatic rings. The molecule has 1 aliphatic rings. The summed E-state index contributed by atoms with van der Waals surface area (Å²) in [6.45, 7) is 2.02. The van der Waals surface area contributed by atoms with Crippen LogP contribution in [-0.4, -0.2) is 39.2 Å². The Morgan fingerprint density at radius 1 is 1.37 bits per heavy atom. The molecule has 3 rings (SSSR count). The first-order valence-corrected chi connectivity index (χ1v) is 6.63. The summed E-state index contributed by atoms with van der Waals surface area (Å²) >= 11 is 0. The molecule has 0 amide bonds. The van der Waals surface area contributed by atoms with Gasteiger partial charge in [0.25, 0.3) is 0 Å². The van der Waals surface area contributed by atoms with E-state index >= 15 is 0 Å². The second-order valence-electron chi connectivity index (χ2n) is 4.58. The quantitative estimate of drug-likeness (QED) is 0.850. The number of nitrogens with zero attached hydrogens (tertiary/aromatic N) is 4. The van der Waals surface area contributed by atoms with E-state index in [4.69, 9.17) is 10.5 Å². The van der Waals surface area contributed by atoms with Crippen LogP contribution < -0.4 is 11.1 Å². The van der Waals surface area contributed by atoms with Crippen LogP contribution in [0.25, 0.3) is 11.2 Å². The van der Waals surface area contributed by atoms with Crippen LogP contribution in [0.15, 0.2) is 12.7 Å². The topological polar surface area (TPSA) is 90.9 Å². The molecule has 1 fully saturated rings. The molecule has 0 saturated carbocycles. The van der Waals surface area contributed by atoms with Gasteiger partial charge in [-0.3, -0.25) is 4.57 Å². The molecule has 0 bridgehead atoms. The van der Waals surface area contributed by atoms with E-state index in [1.807, 2.05) is 4.57 Å². The fraction of sp³-hybridized carbons (Fsp3) is 0.583. The molecule has 3 N–H and O–H groups in total. The van der Waals surface area contributed by atoms with E-state index in [-0.39, 0.29) is 6.23 Å². The molecular formula is C12H18N6O. The minimum atomic E-state index is 0.0380. The van der Waals surface area contributed by atoms with Crippen LogP contribution in [0.1, 0.15) is 25.5 Å². The number of imidazole rings is 1. The van der Waals surface area contributed by atoms with Gasteiger partial charge in [0.05, 0.1) is 6.33 Å². The van der Waals surface area contributed by atoms with Gasteiger partial charge >= 0.3 is 0 Å². The van der Waals surface area contributed by atoms with Gasteiger partial charge in [-0.25, -0.2) is 15.0 Å². The van der Waals surface area contributed by atoms with E-state index in [0.717, 1.165) is 36.4 Å². The molecule has 0 aliphatic carbocycles. The van der Waals surface area contributed by atoms with Gasteiger partial charge in [0.1, 0.15) is 12.6 Å². The Kier molecular flexibility index (Phi) is 3.56. The maximum absolute atomic E-state index is 5.77. The highest BCUT2D eigenvalue weighted by molar-refractivity contribution is 5.82. The number of hydrogen-bond donors (Lipinski definition) is 2. The summed E-state index contributed by atoms with van der Waals surface area (Å²) in [4.78, 5) is 12.9. The van der Waals surface area contributed by atoms with Crippen LogP contribution in [0.4, 0.5) is 5.82 Å². The molecular weight excluding hydrogens is 244 g/mol. The molecule has 0 spiro atoms. The van der Waals surface area contributed by atoms with Crippen molar-refractivity contribution in [1.82, 2.24) is 19.5 Å². The summed E-state index contributed by atoms with van der Waals surface area (Å²) in [5.74, 6) is 0.727. The van der Waals surface area contributed by atoms with Crippen molar-refractivity contribution in [2.45, 2.75) is 25.5 Å². The van der Waals surface area contributed by atoms with Crippen LogP contribution in [0.5, 0.6) is 0 Å². The van der Waals surface area contributed by atoms with Gasteiger partial charge in [-0.05, 0) is 19.3 Å². The molecule has 1 saturated heterocycles. The monoisotopic (exact) mass is 262 g/mol. The number of ether oxygens (including phenoxy) is 1. The summed E-state index contributed by atoms with van der Waals surface area (Å²) in [7, 11) is 0. The van der Waals surface area contributed by atoms with Crippen LogP contribution in [0.3, 0.4) is 0 Å². The average molecular weight is 262 g/mol. The maximum atomic E-state index is 5.77. The summed E-state index contributed by atoms with van der Waals surface area (Å²) in [6, 6.07) is 0. The van der Waals surface area contributed by atoms with Crippen molar-refractivity contribution in [3.05, 3.63) is 12.7 Å². The summed E-state index contributed by atoms with van der Waals surface area (Å²) in [5, 5.41) is 3.16. The number of rotatable bonds is 4. The normalized spacial score (nSPS) is 19.7. The Hall–Kier alpha value is -1.73. The van der Waals surface area contributed by atoms with Gasteiger partial charge in [0.2, 0.25) is 0 Å². The highest BCUT2D eigenvalue weighted by Crippen LogP contribution is 2.26. The van der Waals surface area contributed by atoms with E-state index in [1.54, 1.807) is 12.7 Å². The van der Waals surface area contributed by atoms with E-state index < -0.39 is 0 Å². The van der Waals surface area contributed by atoms with Crippen molar-refractivity contribution < 1.29 is 4.74 Å². The zero-order valence-corrected chi connectivity index (χ0v) is 10.7. The van der Waals surface area contributed by atoms with Gasteiger partial charge < -0.3 is 15.8 Å². The molecule has 1 unspecified atom stereocenters. The lowest BCUT2D eigenvalue weighted by atomic mass is 10.2. The fourth-order valence-electron chi connectivity index (χ4n) is 2.33. The SMILES string of the molecule is NCCNc1ncnc2c1ncn2C1CCCCO1. The second-order valence-corrected chi connectivity index (χ2v) is 4.58. The zero-order valence-electron chi connectivity index (χ0n) is 10.7. The van der Waals surface area contributed by atoms with Crippen molar-refractivity contribution in [2.24, 2.45) is 5.73 Å². The summed E-state index contributed by atoms with van der Waals surface area (Å²) in [6.07, 6.45) is 6.66. The first-order valence-electron chi connectivity index (χ1n) is 6.63. The lowest BCUT2D eigenvalue weighted by Crippen LogP contribution is -2.18. The average Bonchev–Trinajstić information content (AvgIpc) is 2.90. The molecule has 0 aromatic carbocycles.